The maximum absolute atomic E-state index is 8.81. The number of rotatable bonds is 7. The molecule has 25 heavy (non-hydrogen) atoms. The van der Waals surface area contributed by atoms with E-state index in [-0.39, 0.29) is 0 Å². The van der Waals surface area contributed by atoms with E-state index in [2.05, 4.69) is 33.1 Å². The fraction of sp³-hybridized carbons (Fsp3) is 0.421. The molecule has 1 unspecified atom stereocenters. The lowest BCUT2D eigenvalue weighted by atomic mass is 10.2. The van der Waals surface area contributed by atoms with Gasteiger partial charge in [-0.3, -0.25) is 0 Å². The largest absolute Gasteiger partial charge is 0.492 e. The summed E-state index contributed by atoms with van der Waals surface area (Å²) in [5.74, 6) is 1.77. The Morgan fingerprint density at radius 3 is 2.88 bits per heavy atom. The number of ether oxygens (including phenoxy) is 1. The molecular weight excluding hydrogens is 314 g/mol. The fourth-order valence-corrected chi connectivity index (χ4v) is 3.17. The van der Waals surface area contributed by atoms with Crippen molar-refractivity contribution in [2.45, 2.75) is 18.9 Å². The first-order valence-electron chi connectivity index (χ1n) is 8.62. The minimum absolute atomic E-state index is 0.469. The van der Waals surface area contributed by atoms with Crippen LogP contribution < -0.4 is 9.64 Å². The zero-order valence-electron chi connectivity index (χ0n) is 14.5. The zero-order valence-corrected chi connectivity index (χ0v) is 14.5. The van der Waals surface area contributed by atoms with E-state index in [0.717, 1.165) is 31.2 Å². The van der Waals surface area contributed by atoms with E-state index in [0.29, 0.717) is 18.2 Å². The number of hydrogen-bond donors (Lipinski definition) is 0. The minimum atomic E-state index is 0.469. The van der Waals surface area contributed by atoms with Crippen molar-refractivity contribution in [1.82, 2.24) is 15.1 Å². The Morgan fingerprint density at radius 1 is 1.32 bits per heavy atom. The first-order chi connectivity index (χ1) is 12.3. The number of aromatic nitrogens is 2. The molecule has 1 aromatic carbocycles. The molecule has 2 aromatic rings. The van der Waals surface area contributed by atoms with Gasteiger partial charge in [0.2, 0.25) is 0 Å². The van der Waals surface area contributed by atoms with Gasteiger partial charge in [-0.2, -0.15) is 10.4 Å². The molecule has 0 aliphatic carbocycles. The Morgan fingerprint density at radius 2 is 2.16 bits per heavy atom. The lowest BCUT2D eigenvalue weighted by molar-refractivity contribution is 0.229. The third-order valence-electron chi connectivity index (χ3n) is 4.48. The standard InChI is InChI=1S/C19H23N5O/c1-23(12-13-25-18-8-6-16(14-20)7-9-18)15-17-4-3-11-24(17)19-5-2-10-21-22-19/h2,5-10,17H,3-4,11-13,15H2,1H3. The highest BCUT2D eigenvalue weighted by Crippen LogP contribution is 2.23. The molecular formula is C19H23N5O. The number of hydrogen-bond acceptors (Lipinski definition) is 6. The van der Waals surface area contributed by atoms with Crippen molar-refractivity contribution < 1.29 is 4.74 Å². The maximum Gasteiger partial charge on any atom is 0.151 e. The summed E-state index contributed by atoms with van der Waals surface area (Å²) >= 11 is 0. The monoisotopic (exact) mass is 337 g/mol. The fourth-order valence-electron chi connectivity index (χ4n) is 3.17. The third-order valence-corrected chi connectivity index (χ3v) is 4.48. The molecule has 6 nitrogen and oxygen atoms in total. The predicted octanol–water partition coefficient (Wildman–Crippen LogP) is 2.33. The molecule has 1 aliphatic rings. The van der Waals surface area contributed by atoms with Gasteiger partial charge in [0.15, 0.2) is 5.82 Å². The Bertz CT molecular complexity index is 698. The van der Waals surface area contributed by atoms with Gasteiger partial charge < -0.3 is 14.5 Å². The molecule has 3 rings (SSSR count). The second-order valence-corrected chi connectivity index (χ2v) is 6.32. The van der Waals surface area contributed by atoms with E-state index in [9.17, 15) is 0 Å². The number of anilines is 1. The molecule has 1 aliphatic heterocycles. The summed E-state index contributed by atoms with van der Waals surface area (Å²) in [5.41, 5.74) is 0.648. The average Bonchev–Trinajstić information content (AvgIpc) is 3.11. The van der Waals surface area contributed by atoms with E-state index < -0.39 is 0 Å². The van der Waals surface area contributed by atoms with Gasteiger partial charge in [0.1, 0.15) is 12.4 Å². The van der Waals surface area contributed by atoms with Crippen LogP contribution in [0.15, 0.2) is 42.6 Å². The zero-order chi connectivity index (χ0) is 17.5. The molecule has 0 amide bonds. The van der Waals surface area contributed by atoms with Crippen LogP contribution in [-0.4, -0.2) is 54.4 Å². The van der Waals surface area contributed by atoms with Gasteiger partial charge in [0, 0.05) is 31.9 Å². The highest BCUT2D eigenvalue weighted by Gasteiger charge is 2.26. The Kier molecular flexibility index (Phi) is 5.81. The van der Waals surface area contributed by atoms with Crippen LogP contribution in [0.25, 0.3) is 0 Å². The first-order valence-corrected chi connectivity index (χ1v) is 8.62. The Labute approximate surface area is 148 Å². The SMILES string of the molecule is CN(CCOc1ccc(C#N)cc1)CC1CCCN1c1cccnn1. The van der Waals surface area contributed by atoms with Gasteiger partial charge in [-0.1, -0.05) is 0 Å². The van der Waals surface area contributed by atoms with E-state index in [1.54, 1.807) is 18.3 Å². The molecule has 1 fully saturated rings. The molecule has 1 saturated heterocycles. The van der Waals surface area contributed by atoms with Gasteiger partial charge in [-0.15, -0.1) is 5.10 Å². The van der Waals surface area contributed by atoms with Crippen LogP contribution in [0.3, 0.4) is 0 Å². The molecule has 0 bridgehead atoms. The Balaban J connectivity index is 1.45. The minimum Gasteiger partial charge on any atom is -0.492 e. The second-order valence-electron chi connectivity index (χ2n) is 6.32. The van der Waals surface area contributed by atoms with Crippen molar-refractivity contribution >= 4 is 5.82 Å². The molecule has 2 heterocycles. The van der Waals surface area contributed by atoms with Crippen molar-refractivity contribution in [3.8, 4) is 11.8 Å². The molecule has 0 saturated carbocycles. The molecule has 0 spiro atoms. The van der Waals surface area contributed by atoms with Crippen LogP contribution in [0.2, 0.25) is 0 Å². The smallest absolute Gasteiger partial charge is 0.151 e. The number of likely N-dealkylation sites (N-methyl/N-ethyl adjacent to an activating group) is 1. The molecule has 0 radical (unpaired) electrons. The van der Waals surface area contributed by atoms with E-state index in [1.807, 2.05) is 24.3 Å². The van der Waals surface area contributed by atoms with Crippen LogP contribution >= 0.6 is 0 Å². The van der Waals surface area contributed by atoms with Gasteiger partial charge in [0.05, 0.1) is 11.6 Å². The van der Waals surface area contributed by atoms with Gasteiger partial charge in [-0.25, -0.2) is 0 Å². The molecule has 0 N–H and O–H groups in total. The van der Waals surface area contributed by atoms with Crippen molar-refractivity contribution in [2.24, 2.45) is 0 Å². The lowest BCUT2D eigenvalue weighted by Gasteiger charge is -2.29. The van der Waals surface area contributed by atoms with E-state index in [1.165, 1.54) is 12.8 Å². The Hall–Kier alpha value is -2.65. The molecule has 130 valence electrons. The van der Waals surface area contributed by atoms with Crippen molar-refractivity contribution in [3.05, 3.63) is 48.2 Å². The summed E-state index contributed by atoms with van der Waals surface area (Å²) in [4.78, 5) is 4.65. The summed E-state index contributed by atoms with van der Waals surface area (Å²) < 4.78 is 5.77. The number of nitriles is 1. The van der Waals surface area contributed by atoms with Crippen LogP contribution in [0, 0.1) is 11.3 Å². The molecule has 6 heteroatoms. The highest BCUT2D eigenvalue weighted by molar-refractivity contribution is 5.39. The first kappa shape index (κ1) is 17.2. The normalized spacial score (nSPS) is 16.8. The summed E-state index contributed by atoms with van der Waals surface area (Å²) in [7, 11) is 2.12. The third kappa shape index (κ3) is 4.68. The van der Waals surface area contributed by atoms with Crippen LogP contribution in [-0.2, 0) is 0 Å². The summed E-state index contributed by atoms with van der Waals surface area (Å²) in [5, 5.41) is 17.0. The second kappa shape index (κ2) is 8.45. The lowest BCUT2D eigenvalue weighted by Crippen LogP contribution is -2.40. The predicted molar refractivity (Wildman–Crippen MR) is 96.5 cm³/mol. The van der Waals surface area contributed by atoms with Crippen molar-refractivity contribution in [3.63, 3.8) is 0 Å². The van der Waals surface area contributed by atoms with Crippen LogP contribution in [0.1, 0.15) is 18.4 Å². The van der Waals surface area contributed by atoms with Gasteiger partial charge >= 0.3 is 0 Å². The molecule has 1 atom stereocenters. The van der Waals surface area contributed by atoms with E-state index in [4.69, 9.17) is 10.00 Å². The quantitative estimate of drug-likeness (QED) is 0.772. The number of nitrogens with zero attached hydrogens (tertiary/aromatic N) is 5. The topological polar surface area (TPSA) is 65.3 Å². The molecule has 1 aromatic heterocycles. The van der Waals surface area contributed by atoms with Gasteiger partial charge in [-0.05, 0) is 56.3 Å². The van der Waals surface area contributed by atoms with Crippen LogP contribution in [0.4, 0.5) is 5.82 Å². The van der Waals surface area contributed by atoms with Crippen molar-refractivity contribution in [2.75, 3.05) is 38.2 Å². The summed E-state index contributed by atoms with van der Waals surface area (Å²) in [6.45, 7) is 3.50. The number of benzene rings is 1. The highest BCUT2D eigenvalue weighted by atomic mass is 16.5. The van der Waals surface area contributed by atoms with Crippen molar-refractivity contribution in [1.29, 1.82) is 5.26 Å². The van der Waals surface area contributed by atoms with Gasteiger partial charge in [0.25, 0.3) is 0 Å². The van der Waals surface area contributed by atoms with Crippen LogP contribution in [0.5, 0.6) is 5.75 Å². The van der Waals surface area contributed by atoms with E-state index >= 15 is 0 Å². The average molecular weight is 337 g/mol. The maximum atomic E-state index is 8.81. The summed E-state index contributed by atoms with van der Waals surface area (Å²) in [6, 6.07) is 13.8. The summed E-state index contributed by atoms with van der Waals surface area (Å²) in [6.07, 6.45) is 4.08.